The van der Waals surface area contributed by atoms with Crippen LogP contribution in [0.15, 0.2) is 42.5 Å². The number of methoxy groups -OCH3 is 1. The van der Waals surface area contributed by atoms with E-state index >= 15 is 0 Å². The van der Waals surface area contributed by atoms with Crippen molar-refractivity contribution in [3.05, 3.63) is 58.6 Å². The lowest BCUT2D eigenvalue weighted by molar-refractivity contribution is -0.141. The highest BCUT2D eigenvalue weighted by Gasteiger charge is 2.53. The summed E-state index contributed by atoms with van der Waals surface area (Å²) in [5.74, 6) is 1.32. The van der Waals surface area contributed by atoms with E-state index < -0.39 is 5.66 Å². The molecule has 2 aliphatic heterocycles. The molecule has 0 aliphatic carbocycles. The van der Waals surface area contributed by atoms with Gasteiger partial charge in [-0.15, -0.1) is 0 Å². The Balaban J connectivity index is 1.78. The molecule has 33 heavy (non-hydrogen) atoms. The number of halogens is 1. The van der Waals surface area contributed by atoms with E-state index in [4.69, 9.17) is 21.1 Å². The number of likely N-dealkylation sites (N-methyl/N-ethyl adjacent to an activating group) is 1. The van der Waals surface area contributed by atoms with E-state index in [1.807, 2.05) is 54.3 Å². The van der Waals surface area contributed by atoms with Gasteiger partial charge in [0.2, 0.25) is 0 Å². The first kappa shape index (κ1) is 23.8. The summed E-state index contributed by atoms with van der Waals surface area (Å²) in [5, 5.41) is 7.98. The van der Waals surface area contributed by atoms with E-state index in [0.717, 1.165) is 24.2 Å². The van der Waals surface area contributed by atoms with Gasteiger partial charge in [0.05, 0.1) is 13.7 Å². The molecule has 2 aromatic rings. The molecule has 3 unspecified atom stereocenters. The molecule has 3 atom stereocenters. The fourth-order valence-electron chi connectivity index (χ4n) is 4.72. The summed E-state index contributed by atoms with van der Waals surface area (Å²) >= 11 is 6.13. The molecule has 7 nitrogen and oxygen atoms in total. The van der Waals surface area contributed by atoms with E-state index in [1.54, 1.807) is 7.11 Å². The Morgan fingerprint density at radius 3 is 2.45 bits per heavy atom. The van der Waals surface area contributed by atoms with Gasteiger partial charge in [-0.05, 0) is 50.7 Å². The summed E-state index contributed by atoms with van der Waals surface area (Å²) in [5.41, 5.74) is 0.701. The summed E-state index contributed by atoms with van der Waals surface area (Å²) in [4.78, 5) is 18.4. The number of ether oxygens (including phenoxy) is 2. The minimum atomic E-state index is -1.13. The normalized spacial score (nSPS) is 25.8. The van der Waals surface area contributed by atoms with Crippen molar-refractivity contribution >= 4 is 17.5 Å². The molecule has 4 rings (SSSR count). The zero-order valence-electron chi connectivity index (χ0n) is 19.7. The van der Waals surface area contributed by atoms with Crippen LogP contribution in [0.3, 0.4) is 0 Å². The van der Waals surface area contributed by atoms with Gasteiger partial charge in [0, 0.05) is 54.9 Å². The smallest absolute Gasteiger partial charge is 0.262 e. The Labute approximate surface area is 201 Å². The Bertz CT molecular complexity index is 978. The van der Waals surface area contributed by atoms with Crippen molar-refractivity contribution in [2.24, 2.45) is 0 Å². The first-order valence-electron chi connectivity index (χ1n) is 11.5. The molecule has 0 aromatic heterocycles. The molecule has 1 amide bonds. The second-order valence-corrected chi connectivity index (χ2v) is 9.18. The lowest BCUT2D eigenvalue weighted by Gasteiger charge is -2.40. The number of amides is 1. The molecule has 2 heterocycles. The Hall–Kier alpha value is -2.32. The minimum absolute atomic E-state index is 0.00466. The van der Waals surface area contributed by atoms with E-state index in [2.05, 4.69) is 29.5 Å². The number of rotatable bonds is 6. The van der Waals surface area contributed by atoms with E-state index in [9.17, 15) is 4.79 Å². The largest absolute Gasteiger partial charge is 0.497 e. The number of hydrogen-bond acceptors (Lipinski definition) is 6. The fraction of sp³-hybridized carbons (Fsp3) is 0.480. The van der Waals surface area contributed by atoms with Crippen LogP contribution in [0.4, 0.5) is 0 Å². The molecule has 0 bridgehead atoms. The lowest BCUT2D eigenvalue weighted by Crippen LogP contribution is -2.62. The number of nitrogens with one attached hydrogen (secondary N) is 2. The van der Waals surface area contributed by atoms with Crippen molar-refractivity contribution in [1.29, 1.82) is 0 Å². The van der Waals surface area contributed by atoms with Gasteiger partial charge >= 0.3 is 0 Å². The molecular formula is C25H33ClN4O3. The molecular weight excluding hydrogens is 440 g/mol. The predicted molar refractivity (Wildman–Crippen MR) is 130 cm³/mol. The van der Waals surface area contributed by atoms with Crippen LogP contribution in [0.25, 0.3) is 0 Å². The van der Waals surface area contributed by atoms with Crippen molar-refractivity contribution < 1.29 is 14.3 Å². The molecule has 0 saturated carbocycles. The van der Waals surface area contributed by atoms with Crippen molar-refractivity contribution in [2.75, 3.05) is 46.9 Å². The van der Waals surface area contributed by atoms with Crippen LogP contribution in [0.2, 0.25) is 5.02 Å². The molecule has 2 N–H and O–H groups in total. The molecule has 0 radical (unpaired) electrons. The fourth-order valence-corrected chi connectivity index (χ4v) is 4.85. The average molecular weight is 473 g/mol. The Kier molecular flexibility index (Phi) is 7.14. The standard InChI is InChI=1S/C25H33ClN4O3/c1-5-33-22-16-20(32-4)10-11-21(22)25(24(31)30-14-12-29(3)13-15-30)27-17(2)23(28-25)18-6-8-19(26)9-7-18/h6-11,16-17,23,27-28H,5,12-15H2,1-4H3. The maximum atomic E-state index is 14.2. The van der Waals surface area contributed by atoms with Crippen LogP contribution >= 0.6 is 11.6 Å². The topological polar surface area (TPSA) is 66.1 Å². The van der Waals surface area contributed by atoms with Crippen molar-refractivity contribution in [3.8, 4) is 11.5 Å². The number of carbonyl (C=O) groups is 1. The number of hydrogen-bond donors (Lipinski definition) is 2. The van der Waals surface area contributed by atoms with E-state index in [-0.39, 0.29) is 18.0 Å². The highest BCUT2D eigenvalue weighted by atomic mass is 35.5. The summed E-state index contributed by atoms with van der Waals surface area (Å²) in [7, 11) is 3.71. The van der Waals surface area contributed by atoms with Crippen LogP contribution in [-0.4, -0.2) is 68.7 Å². The number of carbonyl (C=O) groups excluding carboxylic acids is 1. The average Bonchev–Trinajstić information content (AvgIpc) is 3.18. The van der Waals surface area contributed by atoms with Gasteiger partial charge in [-0.1, -0.05) is 23.7 Å². The Morgan fingerprint density at radius 2 is 1.82 bits per heavy atom. The van der Waals surface area contributed by atoms with E-state index in [0.29, 0.717) is 36.2 Å². The maximum Gasteiger partial charge on any atom is 0.262 e. The van der Waals surface area contributed by atoms with Crippen LogP contribution in [0.5, 0.6) is 11.5 Å². The quantitative estimate of drug-likeness (QED) is 0.673. The summed E-state index contributed by atoms with van der Waals surface area (Å²) < 4.78 is 11.4. The summed E-state index contributed by atoms with van der Waals surface area (Å²) in [6.45, 7) is 7.57. The van der Waals surface area contributed by atoms with Gasteiger partial charge in [-0.2, -0.15) is 0 Å². The zero-order valence-corrected chi connectivity index (χ0v) is 20.5. The first-order valence-corrected chi connectivity index (χ1v) is 11.9. The zero-order chi connectivity index (χ0) is 23.6. The monoisotopic (exact) mass is 472 g/mol. The SMILES string of the molecule is CCOc1cc(OC)ccc1C1(C(=O)N2CCN(C)CC2)NC(C)C(c2ccc(Cl)cc2)N1. The van der Waals surface area contributed by atoms with Crippen LogP contribution in [0, 0.1) is 0 Å². The highest BCUT2D eigenvalue weighted by Crippen LogP contribution is 2.40. The molecule has 2 aliphatic rings. The number of benzene rings is 2. The lowest BCUT2D eigenvalue weighted by atomic mass is 9.96. The van der Waals surface area contributed by atoms with Crippen LogP contribution in [0.1, 0.15) is 31.0 Å². The Morgan fingerprint density at radius 1 is 1.12 bits per heavy atom. The van der Waals surface area contributed by atoms with E-state index in [1.165, 1.54) is 0 Å². The third-order valence-corrected chi connectivity index (χ3v) is 6.80. The predicted octanol–water partition coefficient (Wildman–Crippen LogP) is 3.00. The second kappa shape index (κ2) is 9.89. The van der Waals surface area contributed by atoms with Gasteiger partial charge in [0.1, 0.15) is 11.5 Å². The van der Waals surface area contributed by atoms with Crippen molar-refractivity contribution in [3.63, 3.8) is 0 Å². The maximum absolute atomic E-state index is 14.2. The number of nitrogens with zero attached hydrogens (tertiary/aromatic N) is 2. The summed E-state index contributed by atoms with van der Waals surface area (Å²) in [6, 6.07) is 13.3. The second-order valence-electron chi connectivity index (χ2n) is 8.75. The third kappa shape index (κ3) is 4.68. The minimum Gasteiger partial charge on any atom is -0.497 e. The number of piperazine rings is 1. The molecule has 0 spiro atoms. The van der Waals surface area contributed by atoms with Crippen molar-refractivity contribution in [1.82, 2.24) is 20.4 Å². The van der Waals surface area contributed by atoms with Gasteiger partial charge in [0.15, 0.2) is 5.66 Å². The molecule has 178 valence electrons. The first-order chi connectivity index (χ1) is 15.9. The molecule has 2 aromatic carbocycles. The van der Waals surface area contributed by atoms with Gasteiger partial charge in [-0.25, -0.2) is 0 Å². The van der Waals surface area contributed by atoms with Gasteiger partial charge in [-0.3, -0.25) is 15.4 Å². The molecule has 8 heteroatoms. The highest BCUT2D eigenvalue weighted by molar-refractivity contribution is 6.30. The summed E-state index contributed by atoms with van der Waals surface area (Å²) in [6.07, 6.45) is 0. The molecule has 2 fully saturated rings. The van der Waals surface area contributed by atoms with Gasteiger partial charge in [0.25, 0.3) is 5.91 Å². The van der Waals surface area contributed by atoms with Gasteiger partial charge < -0.3 is 19.3 Å². The van der Waals surface area contributed by atoms with Crippen LogP contribution in [-0.2, 0) is 10.5 Å². The van der Waals surface area contributed by atoms with Crippen LogP contribution < -0.4 is 20.1 Å². The van der Waals surface area contributed by atoms with Crippen molar-refractivity contribution in [2.45, 2.75) is 31.6 Å². The molecule has 2 saturated heterocycles. The third-order valence-electron chi connectivity index (χ3n) is 6.55.